The number of piperazine rings is 1. The number of hydrogen-bond donors (Lipinski definition) is 1. The second-order valence-corrected chi connectivity index (χ2v) is 9.95. The summed E-state index contributed by atoms with van der Waals surface area (Å²) in [5.74, 6) is -0.510. The van der Waals surface area contributed by atoms with Crippen LogP contribution < -0.4 is 4.74 Å². The van der Waals surface area contributed by atoms with Crippen molar-refractivity contribution < 1.29 is 24.2 Å². The number of ether oxygens (including phenoxy) is 2. The van der Waals surface area contributed by atoms with Crippen molar-refractivity contribution in [3.63, 3.8) is 0 Å². The standard InChI is InChI=1S/C29H29ClN2O5/c1-19-15-31(16-20-14-21(30)10-11-27(20)36-18-28(33)34)12-13-32(19)29(35)37-17-26-24-8-4-2-6-22(24)23-7-3-5-9-25(23)26/h2-11,14,19,26H,12-13,15-18H2,1H3,(H,33,34)/t19-/m0/s1. The molecule has 1 aliphatic heterocycles. The molecule has 1 saturated heterocycles. The predicted octanol–water partition coefficient (Wildman–Crippen LogP) is 5.26. The molecule has 3 aromatic rings. The maximum Gasteiger partial charge on any atom is 0.410 e. The number of carboxylic acids is 1. The summed E-state index contributed by atoms with van der Waals surface area (Å²) in [4.78, 5) is 28.0. The zero-order valence-corrected chi connectivity index (χ0v) is 21.4. The molecule has 0 unspecified atom stereocenters. The van der Waals surface area contributed by atoms with E-state index in [9.17, 15) is 9.59 Å². The minimum Gasteiger partial charge on any atom is -0.482 e. The lowest BCUT2D eigenvalue weighted by atomic mass is 9.98. The van der Waals surface area contributed by atoms with Crippen LogP contribution >= 0.6 is 11.6 Å². The van der Waals surface area contributed by atoms with Crippen LogP contribution in [0.15, 0.2) is 66.7 Å². The third-order valence-electron chi connectivity index (χ3n) is 7.05. The zero-order chi connectivity index (χ0) is 25.9. The molecule has 3 aromatic carbocycles. The van der Waals surface area contributed by atoms with Gasteiger partial charge in [-0.1, -0.05) is 60.1 Å². The van der Waals surface area contributed by atoms with E-state index in [2.05, 4.69) is 29.2 Å². The molecule has 0 saturated carbocycles. The first-order valence-corrected chi connectivity index (χ1v) is 12.8. The first kappa shape index (κ1) is 25.1. The third-order valence-corrected chi connectivity index (χ3v) is 7.28. The van der Waals surface area contributed by atoms with Crippen molar-refractivity contribution in [1.29, 1.82) is 0 Å². The van der Waals surface area contributed by atoms with Crippen LogP contribution in [0.1, 0.15) is 29.5 Å². The van der Waals surface area contributed by atoms with E-state index in [0.29, 0.717) is 43.6 Å². The second-order valence-electron chi connectivity index (χ2n) is 9.52. The molecule has 7 nitrogen and oxygen atoms in total. The van der Waals surface area contributed by atoms with Crippen molar-refractivity contribution in [2.24, 2.45) is 0 Å². The smallest absolute Gasteiger partial charge is 0.410 e. The molecule has 5 rings (SSSR count). The van der Waals surface area contributed by atoms with Gasteiger partial charge in [0.1, 0.15) is 12.4 Å². The fourth-order valence-corrected chi connectivity index (χ4v) is 5.51. The third kappa shape index (κ3) is 5.43. The molecule has 1 aliphatic carbocycles. The van der Waals surface area contributed by atoms with Crippen LogP contribution in [0.2, 0.25) is 5.02 Å². The molecule has 1 fully saturated rings. The van der Waals surface area contributed by atoms with Crippen molar-refractivity contribution >= 4 is 23.7 Å². The molecule has 37 heavy (non-hydrogen) atoms. The van der Waals surface area contributed by atoms with Gasteiger partial charge < -0.3 is 19.5 Å². The lowest BCUT2D eigenvalue weighted by Gasteiger charge is -2.39. The topological polar surface area (TPSA) is 79.3 Å². The molecule has 0 bridgehead atoms. The molecule has 1 atom stereocenters. The largest absolute Gasteiger partial charge is 0.482 e. The fraction of sp³-hybridized carbons (Fsp3) is 0.310. The maximum atomic E-state index is 13.1. The Balaban J connectivity index is 1.20. The van der Waals surface area contributed by atoms with Crippen molar-refractivity contribution in [1.82, 2.24) is 9.80 Å². The van der Waals surface area contributed by atoms with Gasteiger partial charge >= 0.3 is 12.1 Å². The van der Waals surface area contributed by atoms with E-state index < -0.39 is 12.6 Å². The van der Waals surface area contributed by atoms with E-state index in [1.54, 1.807) is 23.1 Å². The first-order chi connectivity index (χ1) is 17.9. The monoisotopic (exact) mass is 520 g/mol. The first-order valence-electron chi connectivity index (χ1n) is 12.4. The molecule has 2 aliphatic rings. The van der Waals surface area contributed by atoms with Gasteiger partial charge in [0.25, 0.3) is 0 Å². The van der Waals surface area contributed by atoms with Gasteiger partial charge in [-0.2, -0.15) is 0 Å². The number of amides is 1. The van der Waals surface area contributed by atoms with Gasteiger partial charge in [-0.3, -0.25) is 4.90 Å². The molecule has 1 N–H and O–H groups in total. The zero-order valence-electron chi connectivity index (χ0n) is 20.6. The molecular weight excluding hydrogens is 492 g/mol. The number of nitrogens with zero attached hydrogens (tertiary/aromatic N) is 2. The number of rotatable bonds is 7. The van der Waals surface area contributed by atoms with Crippen molar-refractivity contribution in [3.8, 4) is 16.9 Å². The molecule has 0 radical (unpaired) electrons. The van der Waals surface area contributed by atoms with E-state index in [0.717, 1.165) is 5.56 Å². The Hall–Kier alpha value is -3.55. The number of fused-ring (bicyclic) bond motifs is 3. The van der Waals surface area contributed by atoms with Crippen LogP contribution in [0.4, 0.5) is 4.79 Å². The van der Waals surface area contributed by atoms with Crippen LogP contribution in [-0.2, 0) is 16.1 Å². The van der Waals surface area contributed by atoms with Crippen LogP contribution in [-0.4, -0.2) is 65.9 Å². The average molecular weight is 521 g/mol. The number of halogens is 1. The molecule has 8 heteroatoms. The maximum absolute atomic E-state index is 13.1. The highest BCUT2D eigenvalue weighted by molar-refractivity contribution is 6.30. The van der Waals surface area contributed by atoms with Crippen LogP contribution in [0.5, 0.6) is 5.75 Å². The summed E-state index contributed by atoms with van der Waals surface area (Å²) in [6.07, 6.45) is -0.303. The van der Waals surface area contributed by atoms with Gasteiger partial charge in [-0.15, -0.1) is 0 Å². The Bertz CT molecular complexity index is 1270. The van der Waals surface area contributed by atoms with Gasteiger partial charge in [0.05, 0.1) is 0 Å². The summed E-state index contributed by atoms with van der Waals surface area (Å²) >= 11 is 6.18. The Morgan fingerprint density at radius 1 is 1.00 bits per heavy atom. The van der Waals surface area contributed by atoms with Gasteiger partial charge in [-0.25, -0.2) is 9.59 Å². The summed E-state index contributed by atoms with van der Waals surface area (Å²) in [6, 6.07) is 21.7. The Kier molecular flexibility index (Phi) is 7.35. The SMILES string of the molecule is C[C@H]1CN(Cc2cc(Cl)ccc2OCC(=O)O)CCN1C(=O)OCC1c2ccccc2-c2ccccc21. The Morgan fingerprint density at radius 2 is 1.68 bits per heavy atom. The molecule has 0 spiro atoms. The van der Waals surface area contributed by atoms with E-state index in [-0.39, 0.29) is 18.1 Å². The summed E-state index contributed by atoms with van der Waals surface area (Å²) < 4.78 is 11.3. The summed E-state index contributed by atoms with van der Waals surface area (Å²) in [5.41, 5.74) is 5.60. The van der Waals surface area contributed by atoms with E-state index >= 15 is 0 Å². The van der Waals surface area contributed by atoms with Crippen LogP contribution in [0.25, 0.3) is 11.1 Å². The summed E-state index contributed by atoms with van der Waals surface area (Å²) in [6.45, 7) is 4.26. The minimum absolute atomic E-state index is 0.0278. The second kappa shape index (κ2) is 10.8. The normalized spacial score (nSPS) is 17.2. The Morgan fingerprint density at radius 3 is 2.32 bits per heavy atom. The summed E-state index contributed by atoms with van der Waals surface area (Å²) in [7, 11) is 0. The highest BCUT2D eigenvalue weighted by Gasteiger charge is 2.32. The molecule has 0 aromatic heterocycles. The fourth-order valence-electron chi connectivity index (χ4n) is 5.32. The van der Waals surface area contributed by atoms with Gasteiger partial charge in [0.2, 0.25) is 0 Å². The summed E-state index contributed by atoms with van der Waals surface area (Å²) in [5, 5.41) is 9.51. The molecule has 1 heterocycles. The predicted molar refractivity (Wildman–Crippen MR) is 141 cm³/mol. The quantitative estimate of drug-likeness (QED) is 0.458. The highest BCUT2D eigenvalue weighted by atomic mass is 35.5. The Labute approximate surface area is 221 Å². The van der Waals surface area contributed by atoms with E-state index in [1.807, 2.05) is 31.2 Å². The lowest BCUT2D eigenvalue weighted by Crippen LogP contribution is -2.53. The van der Waals surface area contributed by atoms with Crippen molar-refractivity contribution in [2.75, 3.05) is 32.8 Å². The van der Waals surface area contributed by atoms with Crippen LogP contribution in [0.3, 0.4) is 0 Å². The van der Waals surface area contributed by atoms with Gasteiger partial charge in [-0.05, 0) is 47.4 Å². The number of benzene rings is 3. The number of carbonyl (C=O) groups is 2. The van der Waals surface area contributed by atoms with Crippen molar-refractivity contribution in [3.05, 3.63) is 88.4 Å². The minimum atomic E-state index is -1.04. The number of carboxylic acid groups (broad SMARTS) is 1. The molecule has 192 valence electrons. The number of hydrogen-bond acceptors (Lipinski definition) is 5. The average Bonchev–Trinajstić information content (AvgIpc) is 3.20. The van der Waals surface area contributed by atoms with Crippen LogP contribution in [0, 0.1) is 0 Å². The van der Waals surface area contributed by atoms with Gasteiger partial charge in [0, 0.05) is 48.7 Å². The van der Waals surface area contributed by atoms with Crippen molar-refractivity contribution in [2.45, 2.75) is 25.4 Å². The highest BCUT2D eigenvalue weighted by Crippen LogP contribution is 2.44. The molecular formula is C29H29ClN2O5. The van der Waals surface area contributed by atoms with Gasteiger partial charge in [0.15, 0.2) is 6.61 Å². The molecule has 1 amide bonds. The van der Waals surface area contributed by atoms with E-state index in [1.165, 1.54) is 22.3 Å². The number of carbonyl (C=O) groups excluding carboxylic acids is 1. The lowest BCUT2D eigenvalue weighted by molar-refractivity contribution is -0.139. The van der Waals surface area contributed by atoms with E-state index in [4.69, 9.17) is 26.2 Å². The number of aliphatic carboxylic acids is 1.